The first kappa shape index (κ1) is 28.6. The molecular formula is C28H32F6N4O2. The lowest BCUT2D eigenvalue weighted by atomic mass is 9.88. The third-order valence-electron chi connectivity index (χ3n) is 7.73. The molecule has 4 atom stereocenters. The molecule has 2 aromatic carbocycles. The van der Waals surface area contributed by atoms with Crippen molar-refractivity contribution in [3.05, 3.63) is 59.3 Å². The molecule has 0 bridgehead atoms. The summed E-state index contributed by atoms with van der Waals surface area (Å²) in [5, 5.41) is 14.5. The zero-order chi connectivity index (χ0) is 28.6. The van der Waals surface area contributed by atoms with Crippen LogP contribution >= 0.6 is 0 Å². The predicted octanol–water partition coefficient (Wildman–Crippen LogP) is 5.48. The largest absolute Gasteiger partial charge is 0.434 e. The number of β-amino-alcohol motifs (C(OH)–C–C–N with tert-alkyl or cyclic N) is 1. The molecule has 218 valence electrons. The maximum atomic E-state index is 13.8. The van der Waals surface area contributed by atoms with Gasteiger partial charge in [0.2, 0.25) is 0 Å². The second-order valence-corrected chi connectivity index (χ2v) is 10.6. The molecule has 40 heavy (non-hydrogen) atoms. The first-order chi connectivity index (χ1) is 19.0. The maximum Gasteiger partial charge on any atom is 0.401 e. The topological polar surface area (TPSA) is 63.8 Å². The van der Waals surface area contributed by atoms with Gasteiger partial charge in [-0.3, -0.25) is 14.2 Å². The fourth-order valence-corrected chi connectivity index (χ4v) is 6.03. The number of nitrogens with zero attached hydrogens (tertiary/aromatic N) is 2. The van der Waals surface area contributed by atoms with Gasteiger partial charge in [-0.2, -0.15) is 22.0 Å². The summed E-state index contributed by atoms with van der Waals surface area (Å²) in [6, 6.07) is 9.81. The monoisotopic (exact) mass is 570 g/mol. The Morgan fingerprint density at radius 1 is 1.15 bits per heavy atom. The average molecular weight is 571 g/mol. The standard InChI is InChI=1S/C28H32F6N4O2/c1-16-11-20-18-5-2-3-6-21(18)36-25(20)26(38(16)15-28(32,33)34)19-8-7-17(12-24(19)40-27(30)31)35-22-13-37(10-4-9-29)14-23(22)39/h2-3,5-8,12,16,22-23,26-27,35-36,39H,4,9-11,13-15H2,1H3. The van der Waals surface area contributed by atoms with Gasteiger partial charge in [-0.05, 0) is 37.5 Å². The summed E-state index contributed by atoms with van der Waals surface area (Å²) in [7, 11) is 0. The molecule has 1 fully saturated rings. The van der Waals surface area contributed by atoms with Crippen molar-refractivity contribution in [1.82, 2.24) is 14.8 Å². The van der Waals surface area contributed by atoms with Crippen LogP contribution in [0.3, 0.4) is 0 Å². The number of aromatic amines is 1. The van der Waals surface area contributed by atoms with Crippen LogP contribution in [0.15, 0.2) is 42.5 Å². The van der Waals surface area contributed by atoms with E-state index >= 15 is 0 Å². The van der Waals surface area contributed by atoms with Gasteiger partial charge in [0.25, 0.3) is 0 Å². The number of aliphatic hydroxyl groups excluding tert-OH is 1. The fraction of sp³-hybridized carbons (Fsp3) is 0.500. The van der Waals surface area contributed by atoms with Crippen LogP contribution in [0.4, 0.5) is 32.0 Å². The highest BCUT2D eigenvalue weighted by atomic mass is 19.4. The number of hydrogen-bond donors (Lipinski definition) is 3. The van der Waals surface area contributed by atoms with E-state index in [1.807, 2.05) is 29.2 Å². The van der Waals surface area contributed by atoms with Gasteiger partial charge in [0.05, 0.1) is 31.4 Å². The minimum absolute atomic E-state index is 0.172. The number of likely N-dealkylation sites (tertiary alicyclic amines) is 1. The van der Waals surface area contributed by atoms with Crippen LogP contribution in [-0.2, 0) is 6.42 Å². The van der Waals surface area contributed by atoms with E-state index in [2.05, 4.69) is 10.3 Å². The van der Waals surface area contributed by atoms with E-state index in [4.69, 9.17) is 4.74 Å². The lowest BCUT2D eigenvalue weighted by Gasteiger charge is -2.41. The van der Waals surface area contributed by atoms with Crippen molar-refractivity contribution >= 4 is 16.6 Å². The van der Waals surface area contributed by atoms with Gasteiger partial charge >= 0.3 is 12.8 Å². The predicted molar refractivity (Wildman–Crippen MR) is 140 cm³/mol. The summed E-state index contributed by atoms with van der Waals surface area (Å²) in [5.74, 6) is -0.252. The van der Waals surface area contributed by atoms with Crippen LogP contribution in [-0.4, -0.2) is 83.7 Å². The molecule has 0 radical (unpaired) electrons. The van der Waals surface area contributed by atoms with Gasteiger partial charge in [0.15, 0.2) is 0 Å². The first-order valence-corrected chi connectivity index (χ1v) is 13.3. The van der Waals surface area contributed by atoms with E-state index in [9.17, 15) is 31.4 Å². The Morgan fingerprint density at radius 2 is 1.93 bits per heavy atom. The third kappa shape index (κ3) is 6.03. The van der Waals surface area contributed by atoms with Crippen molar-refractivity contribution in [3.8, 4) is 5.75 Å². The van der Waals surface area contributed by atoms with E-state index in [1.165, 1.54) is 17.0 Å². The minimum atomic E-state index is -4.52. The summed E-state index contributed by atoms with van der Waals surface area (Å²) >= 11 is 0. The Labute approximate surface area is 227 Å². The highest BCUT2D eigenvalue weighted by molar-refractivity contribution is 5.85. The van der Waals surface area contributed by atoms with Crippen molar-refractivity contribution in [1.29, 1.82) is 0 Å². The van der Waals surface area contributed by atoms with Gasteiger partial charge in [-0.25, -0.2) is 0 Å². The van der Waals surface area contributed by atoms with Gasteiger partial charge < -0.3 is 20.1 Å². The number of aliphatic hydroxyl groups is 1. The number of alkyl halides is 6. The van der Waals surface area contributed by atoms with Crippen LogP contribution in [0.1, 0.15) is 36.2 Å². The van der Waals surface area contributed by atoms with Crippen molar-refractivity contribution in [3.63, 3.8) is 0 Å². The van der Waals surface area contributed by atoms with Crippen LogP contribution in [0.2, 0.25) is 0 Å². The molecule has 2 aliphatic heterocycles. The van der Waals surface area contributed by atoms with Gasteiger partial charge in [-0.15, -0.1) is 0 Å². The Bertz CT molecular complexity index is 1320. The summed E-state index contributed by atoms with van der Waals surface area (Å²) in [6.07, 6.45) is -4.60. The van der Waals surface area contributed by atoms with Crippen LogP contribution in [0, 0.1) is 0 Å². The molecule has 3 heterocycles. The molecule has 0 amide bonds. The minimum Gasteiger partial charge on any atom is -0.434 e. The molecule has 3 N–H and O–H groups in total. The molecule has 0 saturated carbocycles. The third-order valence-corrected chi connectivity index (χ3v) is 7.73. The number of nitrogens with one attached hydrogen (secondary N) is 2. The molecule has 12 heteroatoms. The summed E-state index contributed by atoms with van der Waals surface area (Å²) in [4.78, 5) is 6.42. The molecule has 6 nitrogen and oxygen atoms in total. The first-order valence-electron chi connectivity index (χ1n) is 13.3. The van der Waals surface area contributed by atoms with Crippen LogP contribution in [0.5, 0.6) is 5.75 Å². The molecular weight excluding hydrogens is 538 g/mol. The number of halogens is 6. The Balaban J connectivity index is 1.54. The molecule has 1 aromatic heterocycles. The Morgan fingerprint density at radius 3 is 2.65 bits per heavy atom. The lowest BCUT2D eigenvalue weighted by molar-refractivity contribution is -0.155. The summed E-state index contributed by atoms with van der Waals surface area (Å²) in [5.41, 5.74) is 2.66. The van der Waals surface area contributed by atoms with E-state index < -0.39 is 50.2 Å². The maximum absolute atomic E-state index is 13.8. The van der Waals surface area contributed by atoms with Crippen LogP contribution in [0.25, 0.3) is 10.9 Å². The van der Waals surface area contributed by atoms with Crippen molar-refractivity contribution in [2.45, 2.75) is 56.8 Å². The smallest absolute Gasteiger partial charge is 0.401 e. The van der Waals surface area contributed by atoms with E-state index in [-0.39, 0.29) is 11.3 Å². The number of anilines is 1. The number of hydrogen-bond acceptors (Lipinski definition) is 5. The Hall–Kier alpha value is -2.96. The molecule has 2 aliphatic rings. The van der Waals surface area contributed by atoms with Gasteiger partial charge in [0.1, 0.15) is 5.75 Å². The number of fused-ring (bicyclic) bond motifs is 3. The number of ether oxygens (including phenoxy) is 1. The highest BCUT2D eigenvalue weighted by Gasteiger charge is 2.43. The molecule has 5 rings (SSSR count). The van der Waals surface area contributed by atoms with Crippen molar-refractivity contribution in [2.24, 2.45) is 0 Å². The zero-order valence-corrected chi connectivity index (χ0v) is 21.9. The fourth-order valence-electron chi connectivity index (χ4n) is 6.03. The number of benzene rings is 2. The molecule has 3 aromatic rings. The van der Waals surface area contributed by atoms with Crippen LogP contribution < -0.4 is 10.1 Å². The molecule has 1 saturated heterocycles. The van der Waals surface area contributed by atoms with E-state index in [1.54, 1.807) is 13.0 Å². The Kier molecular flexibility index (Phi) is 8.21. The molecule has 0 aliphatic carbocycles. The van der Waals surface area contributed by atoms with E-state index in [0.29, 0.717) is 43.9 Å². The van der Waals surface area contributed by atoms with E-state index in [0.717, 1.165) is 16.5 Å². The molecule has 4 unspecified atom stereocenters. The van der Waals surface area contributed by atoms with Crippen molar-refractivity contribution < 1.29 is 36.2 Å². The quantitative estimate of drug-likeness (QED) is 0.298. The van der Waals surface area contributed by atoms with Gasteiger partial charge in [-0.1, -0.05) is 24.3 Å². The highest BCUT2D eigenvalue weighted by Crippen LogP contribution is 2.45. The summed E-state index contributed by atoms with van der Waals surface area (Å²) < 4.78 is 86.0. The second kappa shape index (κ2) is 11.5. The summed E-state index contributed by atoms with van der Waals surface area (Å²) in [6.45, 7) is -1.97. The normalized spacial score (nSPS) is 24.1. The lowest BCUT2D eigenvalue weighted by Crippen LogP contribution is -2.47. The SMILES string of the molecule is CC1Cc2c([nH]c3ccccc23)C(c2ccc(NC3CN(CCCF)CC3O)cc2OC(F)F)N1CC(F)(F)F. The molecule has 0 spiro atoms. The van der Waals surface area contributed by atoms with Gasteiger partial charge in [0, 0.05) is 59.6 Å². The zero-order valence-electron chi connectivity index (χ0n) is 21.9. The number of aromatic nitrogens is 1. The van der Waals surface area contributed by atoms with Crippen molar-refractivity contribution in [2.75, 3.05) is 38.2 Å². The number of para-hydroxylation sites is 1. The number of rotatable bonds is 9. The second-order valence-electron chi connectivity index (χ2n) is 10.6. The number of H-pyrrole nitrogens is 1. The average Bonchev–Trinajstić information content (AvgIpc) is 3.42.